The van der Waals surface area contributed by atoms with Crippen LogP contribution in [0.5, 0.6) is 5.75 Å². The van der Waals surface area contributed by atoms with Gasteiger partial charge in [0.1, 0.15) is 22.5 Å². The molecule has 1 aromatic carbocycles. The predicted molar refractivity (Wildman–Crippen MR) is 67.5 cm³/mol. The number of nitriles is 1. The maximum atomic E-state index is 13.5. The molecule has 0 bridgehead atoms. The molecule has 0 spiro atoms. The topological polar surface area (TPSA) is 67.2 Å². The molecule has 0 aliphatic rings. The van der Waals surface area contributed by atoms with Crippen LogP contribution in [0.1, 0.15) is 13.3 Å². The van der Waals surface area contributed by atoms with Crippen LogP contribution in [0, 0.1) is 17.1 Å². The molecule has 1 atom stereocenters. The minimum atomic E-state index is -4.17. The van der Waals surface area contributed by atoms with Crippen molar-refractivity contribution < 1.29 is 17.5 Å². The third-order valence-electron chi connectivity index (χ3n) is 2.03. The standard InChI is InChI=1S/C10H8BrClFNO3S/c1-2-6(5-14)17-9-4-8(13)10(3-7(9)11)18(12,15)16/h3-4,6H,2H2,1H3. The molecule has 0 aliphatic carbocycles. The average Bonchev–Trinajstić information content (AvgIpc) is 2.28. The van der Waals surface area contributed by atoms with E-state index in [1.165, 1.54) is 0 Å². The lowest BCUT2D eigenvalue weighted by molar-refractivity contribution is 0.249. The van der Waals surface area contributed by atoms with Gasteiger partial charge in [0.2, 0.25) is 0 Å². The lowest BCUT2D eigenvalue weighted by Gasteiger charge is -2.12. The van der Waals surface area contributed by atoms with Crippen molar-refractivity contribution >= 4 is 35.7 Å². The molecule has 98 valence electrons. The van der Waals surface area contributed by atoms with Gasteiger partial charge in [0, 0.05) is 16.7 Å². The summed E-state index contributed by atoms with van der Waals surface area (Å²) in [6.07, 6.45) is -0.320. The van der Waals surface area contributed by atoms with Crippen LogP contribution in [0.25, 0.3) is 0 Å². The first kappa shape index (κ1) is 15.2. The molecule has 1 aromatic rings. The Morgan fingerprint density at radius 1 is 1.61 bits per heavy atom. The van der Waals surface area contributed by atoms with Crippen LogP contribution in [0.4, 0.5) is 4.39 Å². The zero-order valence-corrected chi connectivity index (χ0v) is 12.3. The second-order valence-electron chi connectivity index (χ2n) is 3.29. The van der Waals surface area contributed by atoms with Gasteiger partial charge in [-0.25, -0.2) is 12.8 Å². The molecule has 0 N–H and O–H groups in total. The third kappa shape index (κ3) is 3.57. The van der Waals surface area contributed by atoms with Gasteiger partial charge in [-0.1, -0.05) is 6.92 Å². The second kappa shape index (κ2) is 5.87. The van der Waals surface area contributed by atoms with Crippen LogP contribution >= 0.6 is 26.6 Å². The van der Waals surface area contributed by atoms with Crippen molar-refractivity contribution in [2.75, 3.05) is 0 Å². The van der Waals surface area contributed by atoms with Gasteiger partial charge in [0.25, 0.3) is 9.05 Å². The molecule has 0 saturated heterocycles. The molecular weight excluding hydrogens is 349 g/mol. The highest BCUT2D eigenvalue weighted by molar-refractivity contribution is 9.10. The molecule has 0 amide bonds. The summed E-state index contributed by atoms with van der Waals surface area (Å²) < 4.78 is 41.1. The molecule has 0 saturated carbocycles. The lowest BCUT2D eigenvalue weighted by Crippen LogP contribution is -2.13. The first-order valence-corrected chi connectivity index (χ1v) is 7.89. The van der Waals surface area contributed by atoms with E-state index in [-0.39, 0.29) is 10.2 Å². The van der Waals surface area contributed by atoms with Crippen LogP contribution in [0.3, 0.4) is 0 Å². The Hall–Kier alpha value is -0.840. The lowest BCUT2D eigenvalue weighted by atomic mass is 10.3. The Morgan fingerprint density at radius 3 is 2.67 bits per heavy atom. The van der Waals surface area contributed by atoms with Gasteiger partial charge in [-0.3, -0.25) is 0 Å². The Morgan fingerprint density at radius 2 is 2.22 bits per heavy atom. The number of hydrogen-bond donors (Lipinski definition) is 0. The van der Waals surface area contributed by atoms with Crippen LogP contribution in [-0.2, 0) is 9.05 Å². The first-order chi connectivity index (χ1) is 8.29. The van der Waals surface area contributed by atoms with Gasteiger partial charge in [0.15, 0.2) is 6.10 Å². The van der Waals surface area contributed by atoms with Crippen molar-refractivity contribution in [3.8, 4) is 11.8 Å². The van der Waals surface area contributed by atoms with Crippen LogP contribution in [-0.4, -0.2) is 14.5 Å². The smallest absolute Gasteiger partial charge is 0.264 e. The normalized spacial score (nSPS) is 12.8. The molecule has 18 heavy (non-hydrogen) atoms. The summed E-state index contributed by atoms with van der Waals surface area (Å²) in [6, 6.07) is 3.75. The van der Waals surface area contributed by atoms with Gasteiger partial charge in [0.05, 0.1) is 4.47 Å². The van der Waals surface area contributed by atoms with Crippen molar-refractivity contribution in [3.05, 3.63) is 22.4 Å². The van der Waals surface area contributed by atoms with E-state index in [9.17, 15) is 12.8 Å². The Balaban J connectivity index is 3.21. The van der Waals surface area contributed by atoms with E-state index in [0.717, 1.165) is 12.1 Å². The summed E-state index contributed by atoms with van der Waals surface area (Å²) in [4.78, 5) is -0.645. The van der Waals surface area contributed by atoms with Gasteiger partial charge < -0.3 is 4.74 Å². The molecule has 0 heterocycles. The summed E-state index contributed by atoms with van der Waals surface area (Å²) in [7, 11) is 0.901. The maximum Gasteiger partial charge on any atom is 0.264 e. The molecule has 8 heteroatoms. The van der Waals surface area contributed by atoms with E-state index in [0.29, 0.717) is 6.42 Å². The highest BCUT2D eigenvalue weighted by atomic mass is 79.9. The predicted octanol–water partition coefficient (Wildman–Crippen LogP) is 3.20. The molecule has 0 radical (unpaired) electrons. The zero-order chi connectivity index (χ0) is 13.9. The number of rotatable bonds is 4. The van der Waals surface area contributed by atoms with E-state index >= 15 is 0 Å². The minimum Gasteiger partial charge on any atom is -0.474 e. The molecule has 0 aromatic heterocycles. The SMILES string of the molecule is CCC(C#N)Oc1cc(F)c(S(=O)(=O)Cl)cc1Br. The zero-order valence-electron chi connectivity index (χ0n) is 9.15. The van der Waals surface area contributed by atoms with Crippen molar-refractivity contribution in [1.29, 1.82) is 5.26 Å². The average molecular weight is 357 g/mol. The fraction of sp³-hybridized carbons (Fsp3) is 0.300. The van der Waals surface area contributed by atoms with Crippen molar-refractivity contribution in [2.24, 2.45) is 0 Å². The Kier molecular flexibility index (Phi) is 4.96. The summed E-state index contributed by atoms with van der Waals surface area (Å²) in [5.41, 5.74) is 0. The molecule has 1 unspecified atom stereocenters. The number of benzene rings is 1. The van der Waals surface area contributed by atoms with E-state index in [4.69, 9.17) is 20.7 Å². The van der Waals surface area contributed by atoms with Crippen molar-refractivity contribution in [3.63, 3.8) is 0 Å². The van der Waals surface area contributed by atoms with Crippen LogP contribution < -0.4 is 4.74 Å². The summed E-state index contributed by atoms with van der Waals surface area (Å²) in [5, 5.41) is 8.73. The van der Waals surface area contributed by atoms with Crippen molar-refractivity contribution in [2.45, 2.75) is 24.3 Å². The summed E-state index contributed by atoms with van der Waals surface area (Å²) >= 11 is 3.04. The Bertz CT molecular complexity index is 600. The minimum absolute atomic E-state index is 0.0463. The number of nitrogens with zero attached hydrogens (tertiary/aromatic N) is 1. The highest BCUT2D eigenvalue weighted by Gasteiger charge is 2.20. The van der Waals surface area contributed by atoms with E-state index in [1.54, 1.807) is 6.92 Å². The monoisotopic (exact) mass is 355 g/mol. The maximum absolute atomic E-state index is 13.5. The summed E-state index contributed by atoms with van der Waals surface area (Å²) in [5.74, 6) is -0.985. The third-order valence-corrected chi connectivity index (χ3v) is 3.99. The van der Waals surface area contributed by atoms with Gasteiger partial charge in [-0.2, -0.15) is 5.26 Å². The fourth-order valence-corrected chi connectivity index (χ4v) is 2.64. The van der Waals surface area contributed by atoms with Crippen molar-refractivity contribution in [1.82, 2.24) is 0 Å². The van der Waals surface area contributed by atoms with Gasteiger partial charge in [-0.15, -0.1) is 0 Å². The molecule has 1 rings (SSSR count). The van der Waals surface area contributed by atoms with E-state index < -0.39 is 25.9 Å². The van der Waals surface area contributed by atoms with E-state index in [1.807, 2.05) is 6.07 Å². The molecular formula is C10H8BrClFNO3S. The number of hydrogen-bond acceptors (Lipinski definition) is 4. The highest BCUT2D eigenvalue weighted by Crippen LogP contribution is 2.32. The number of ether oxygens (including phenoxy) is 1. The quantitative estimate of drug-likeness (QED) is 0.777. The largest absolute Gasteiger partial charge is 0.474 e. The van der Waals surface area contributed by atoms with Gasteiger partial charge in [-0.05, 0) is 28.4 Å². The fourth-order valence-electron chi connectivity index (χ4n) is 1.14. The molecule has 4 nitrogen and oxygen atoms in total. The molecule has 0 fully saturated rings. The number of halogens is 3. The van der Waals surface area contributed by atoms with Gasteiger partial charge >= 0.3 is 0 Å². The van der Waals surface area contributed by atoms with E-state index in [2.05, 4.69) is 15.9 Å². The summed E-state index contributed by atoms with van der Waals surface area (Å²) in [6.45, 7) is 1.73. The van der Waals surface area contributed by atoms with Crippen LogP contribution in [0.15, 0.2) is 21.5 Å². The molecule has 0 aliphatic heterocycles. The second-order valence-corrected chi connectivity index (χ2v) is 6.68. The first-order valence-electron chi connectivity index (χ1n) is 4.79. The van der Waals surface area contributed by atoms with Crippen LogP contribution in [0.2, 0.25) is 0 Å². The Labute approximate surface area is 117 Å².